The van der Waals surface area contributed by atoms with Gasteiger partial charge >= 0.3 is 41.8 Å². The van der Waals surface area contributed by atoms with Crippen LogP contribution in [0.5, 0.6) is 0 Å². The maximum Gasteiger partial charge on any atom is 0.330 e. The van der Waals surface area contributed by atoms with Crippen LogP contribution in [0.4, 0.5) is 33.2 Å². The van der Waals surface area contributed by atoms with Crippen LogP contribution in [0.3, 0.4) is 0 Å². The van der Waals surface area contributed by atoms with Crippen LogP contribution in [0.2, 0.25) is 0 Å². The SMILES string of the molecule is C=CCCCOC(=O)C(CC)N(Cc1ccco1)C(=O)n1ccnc1.COC(=O)C(C)N(C(=O)Cc1ccccc1)c1c(C)cccc1C.COC(=O)C(C)N(C(=O)c1ccco1)c1c(C)cccc1C.COC(=O)[C@@H](C)N(C(=O)Cc1ccccc1)c1c(C)cccc1C.COCC(=O)N(c1c(C)cccc1C)C(C)C(=O)OC.COCC(=O)N(c1c(C)cccc1C)[C@H](C)C(=O)OC. The van der Waals surface area contributed by atoms with Crippen LogP contribution >= 0.6 is 0 Å². The van der Waals surface area contributed by atoms with Crippen LogP contribution in [0.1, 0.15) is 144 Å². The number of imidazole rings is 1. The number of amides is 6. The van der Waals surface area contributed by atoms with Gasteiger partial charge < -0.3 is 51.6 Å². The second-order valence-corrected chi connectivity index (χ2v) is 31.6. The molecule has 3 heterocycles. The molecule has 0 aliphatic rings. The van der Waals surface area contributed by atoms with E-state index >= 15 is 0 Å². The molecule has 3 aromatic heterocycles. The number of furan rings is 2. The van der Waals surface area contributed by atoms with Crippen LogP contribution in [0, 0.1) is 69.2 Å². The lowest BCUT2D eigenvalue weighted by atomic mass is 10.0. The smallest absolute Gasteiger partial charge is 0.330 e. The lowest BCUT2D eigenvalue weighted by molar-refractivity contribution is -0.149. The van der Waals surface area contributed by atoms with Crippen molar-refractivity contribution in [2.75, 3.05) is 94.1 Å². The Balaban J connectivity index is 0.000000287. The van der Waals surface area contributed by atoms with Crippen molar-refractivity contribution in [3.63, 3.8) is 0 Å². The molecule has 0 aliphatic heterocycles. The second-order valence-electron chi connectivity index (χ2n) is 31.6. The van der Waals surface area contributed by atoms with Gasteiger partial charge in [-0.25, -0.2) is 38.5 Å². The van der Waals surface area contributed by atoms with E-state index < -0.39 is 72.1 Å². The van der Waals surface area contributed by atoms with Crippen LogP contribution in [0.15, 0.2) is 229 Å². The number of aromatic nitrogens is 2. The zero-order chi connectivity index (χ0) is 100. The highest BCUT2D eigenvalue weighted by Gasteiger charge is 2.38. The Kier molecular flexibility index (Phi) is 46.5. The summed E-state index contributed by atoms with van der Waals surface area (Å²) in [7, 11) is 9.49. The Labute approximate surface area is 792 Å². The van der Waals surface area contributed by atoms with Gasteiger partial charge in [0.2, 0.25) is 11.8 Å². The summed E-state index contributed by atoms with van der Waals surface area (Å²) in [5.74, 6) is -3.11. The van der Waals surface area contributed by atoms with Gasteiger partial charge in [0.25, 0.3) is 17.7 Å². The van der Waals surface area contributed by atoms with Crippen LogP contribution in [-0.4, -0.2) is 192 Å². The topological polar surface area (TPSA) is 342 Å². The Morgan fingerprint density at radius 3 is 0.993 bits per heavy atom. The Hall–Kier alpha value is -14.4. The van der Waals surface area contributed by atoms with E-state index in [1.165, 1.54) is 99.0 Å². The molecular formula is C105H130N8O22. The number of anilines is 5. The van der Waals surface area contributed by atoms with E-state index in [1.807, 2.05) is 228 Å². The number of esters is 6. The summed E-state index contributed by atoms with van der Waals surface area (Å²) in [6, 6.07) is 49.9. The fourth-order valence-corrected chi connectivity index (χ4v) is 14.9. The van der Waals surface area contributed by atoms with Gasteiger partial charge in [0.15, 0.2) is 5.76 Å². The highest BCUT2D eigenvalue weighted by Crippen LogP contribution is 2.34. The number of ether oxygens (including phenoxy) is 8. The van der Waals surface area contributed by atoms with E-state index in [0.717, 1.165) is 95.9 Å². The van der Waals surface area contributed by atoms with E-state index in [9.17, 15) is 57.5 Å². The van der Waals surface area contributed by atoms with Crippen molar-refractivity contribution >= 4 is 99.8 Å². The van der Waals surface area contributed by atoms with Crippen LogP contribution in [-0.2, 0) is 105 Å². The first-order valence-corrected chi connectivity index (χ1v) is 43.9. The molecule has 0 N–H and O–H groups in total. The molecule has 722 valence electrons. The van der Waals surface area contributed by atoms with E-state index in [0.29, 0.717) is 30.9 Å². The average Bonchev–Trinajstić information content (AvgIpc) is 1.75. The molecule has 10 aromatic rings. The number of rotatable bonds is 33. The number of nitrogens with zero attached hydrogens (tertiary/aromatic N) is 8. The van der Waals surface area contributed by atoms with E-state index in [2.05, 4.69) is 11.6 Å². The predicted molar refractivity (Wildman–Crippen MR) is 518 cm³/mol. The number of para-hydroxylation sites is 5. The number of allylic oxidation sites excluding steroid dienone is 1. The Morgan fingerprint density at radius 1 is 0.393 bits per heavy atom. The highest BCUT2D eigenvalue weighted by atomic mass is 16.5. The lowest BCUT2D eigenvalue weighted by Gasteiger charge is -2.30. The van der Waals surface area contributed by atoms with E-state index in [4.69, 9.17) is 46.7 Å². The number of unbranched alkanes of at least 4 members (excludes halogenated alkanes) is 1. The molecule has 0 aliphatic carbocycles. The van der Waals surface area contributed by atoms with Crippen molar-refractivity contribution in [2.45, 2.75) is 186 Å². The molecule has 0 bridgehead atoms. The monoisotopic (exact) mass is 1850 g/mol. The summed E-state index contributed by atoms with van der Waals surface area (Å²) in [4.78, 5) is 161. The summed E-state index contributed by atoms with van der Waals surface area (Å²) in [5, 5.41) is 0. The number of carbonyl (C=O) groups excluding carboxylic acids is 12. The number of methoxy groups -OCH3 is 7. The van der Waals surface area contributed by atoms with Gasteiger partial charge in [0.1, 0.15) is 61.6 Å². The molecule has 0 fully saturated rings. The summed E-state index contributed by atoms with van der Waals surface area (Å²) in [6.07, 6.45) is 11.6. The minimum Gasteiger partial charge on any atom is -0.467 e. The summed E-state index contributed by atoms with van der Waals surface area (Å²) >= 11 is 0. The molecule has 7 aromatic carbocycles. The number of carbonyl (C=O) groups is 12. The molecule has 0 saturated heterocycles. The third-order valence-corrected chi connectivity index (χ3v) is 21.7. The Morgan fingerprint density at radius 2 is 0.711 bits per heavy atom. The van der Waals surface area contributed by atoms with Crippen molar-refractivity contribution in [2.24, 2.45) is 0 Å². The van der Waals surface area contributed by atoms with E-state index in [-0.39, 0.29) is 73.9 Å². The molecule has 4 unspecified atom stereocenters. The minimum atomic E-state index is -0.762. The molecule has 6 amide bonds. The first-order chi connectivity index (χ1) is 64.4. The number of hydrogen-bond donors (Lipinski definition) is 0. The maximum atomic E-state index is 13.0. The molecule has 135 heavy (non-hydrogen) atoms. The minimum absolute atomic E-state index is 0.0882. The van der Waals surface area contributed by atoms with Gasteiger partial charge in [-0.1, -0.05) is 165 Å². The van der Waals surface area contributed by atoms with Crippen LogP contribution in [0.25, 0.3) is 0 Å². The standard InChI is InChI=1S/2C20H23NO3.C18H23N3O4.C17H19NO4.2C15H21NO4/c2*1-14-9-8-10-15(2)19(14)21(16(3)20(23)24-4)18(22)13-17-11-6-5-7-12-17;1-3-5-6-11-25-17(22)16(4-2)21(13-15-8-7-12-24-15)18(23)20-10-9-19-14-20;1-11-7-5-8-12(2)15(11)18(13(3)17(20)21-4)16(19)14-9-6-10-22-14;2*1-10-7-6-8-11(2)14(10)16(13(17)9-19-4)12(3)15(18)20-5/h2*5-12,16H,13H2,1-4H3;3,7-10,12,14,16H,1,4-6,11,13H2,2H3;5-10,13H,1-4H3;2*6-8,12H,9H2,1-5H3/t16-;;;;12-;/m1...1./s1. The van der Waals surface area contributed by atoms with Crippen molar-refractivity contribution in [3.05, 3.63) is 298 Å². The molecule has 30 heteroatoms. The zero-order valence-corrected chi connectivity index (χ0v) is 81.8. The largest absolute Gasteiger partial charge is 0.467 e. The van der Waals surface area contributed by atoms with Crippen LogP contribution < -0.4 is 24.5 Å². The van der Waals surface area contributed by atoms with Gasteiger partial charge in [-0.15, -0.1) is 6.58 Å². The van der Waals surface area contributed by atoms with Crippen molar-refractivity contribution in [1.29, 1.82) is 0 Å². The molecular weight excluding hydrogens is 1730 g/mol. The number of hydrogen-bond acceptors (Lipinski definition) is 23. The first kappa shape index (κ1) is 111. The van der Waals surface area contributed by atoms with Gasteiger partial charge in [-0.2, -0.15) is 0 Å². The quantitative estimate of drug-likeness (QED) is 0.0160. The zero-order valence-electron chi connectivity index (χ0n) is 81.8. The summed E-state index contributed by atoms with van der Waals surface area (Å²) in [6.45, 7) is 33.3. The first-order valence-electron chi connectivity index (χ1n) is 43.9. The second kappa shape index (κ2) is 56.5. The van der Waals surface area contributed by atoms with Gasteiger partial charge in [-0.3, -0.25) is 53.0 Å². The Bertz CT molecular complexity index is 5210. The van der Waals surface area contributed by atoms with Crippen molar-refractivity contribution in [1.82, 2.24) is 14.5 Å². The molecule has 0 spiro atoms. The summed E-state index contributed by atoms with van der Waals surface area (Å²) < 4.78 is 51.0. The average molecular weight is 1860 g/mol. The highest BCUT2D eigenvalue weighted by molar-refractivity contribution is 6.09. The molecule has 0 saturated carbocycles. The lowest BCUT2D eigenvalue weighted by Crippen LogP contribution is -2.46. The predicted octanol–water partition coefficient (Wildman–Crippen LogP) is 16.9. The molecule has 10 rings (SSSR count). The fraction of sp³-hybridized carbons (Fsp3) is 0.362. The number of aryl methyl sites for hydroxylation is 10. The van der Waals surface area contributed by atoms with Gasteiger partial charge in [-0.05, 0) is 214 Å². The molecule has 0 radical (unpaired) electrons. The van der Waals surface area contributed by atoms with E-state index in [1.54, 1.807) is 81.0 Å². The van der Waals surface area contributed by atoms with Gasteiger partial charge in [0, 0.05) is 26.6 Å². The van der Waals surface area contributed by atoms with Gasteiger partial charge in [0.05, 0.1) is 103 Å². The van der Waals surface area contributed by atoms with Crippen molar-refractivity contribution < 1.29 is 104 Å². The summed E-state index contributed by atoms with van der Waals surface area (Å²) in [5.41, 5.74) is 14.8. The molecule has 30 nitrogen and oxygen atoms in total. The fourth-order valence-electron chi connectivity index (χ4n) is 14.9. The number of benzene rings is 7. The maximum absolute atomic E-state index is 13.0. The van der Waals surface area contributed by atoms with Crippen molar-refractivity contribution in [3.8, 4) is 0 Å². The third-order valence-electron chi connectivity index (χ3n) is 21.7. The molecule has 6 atom stereocenters. The normalized spacial score (nSPS) is 11.8. The third kappa shape index (κ3) is 31.7.